The molecule has 0 aromatic heterocycles. The SMILES string of the molecule is CNC(=O)CNCC1CCCS1(=O)=O. The lowest BCUT2D eigenvalue weighted by atomic mass is 10.2. The van der Waals surface area contributed by atoms with Crippen LogP contribution >= 0.6 is 0 Å². The molecular weight excluding hydrogens is 204 g/mol. The van der Waals surface area contributed by atoms with Gasteiger partial charge in [-0.05, 0) is 12.8 Å². The van der Waals surface area contributed by atoms with Crippen LogP contribution in [0.1, 0.15) is 12.8 Å². The molecule has 5 nitrogen and oxygen atoms in total. The van der Waals surface area contributed by atoms with Crippen LogP contribution in [0.4, 0.5) is 0 Å². The van der Waals surface area contributed by atoms with Crippen molar-refractivity contribution in [2.75, 3.05) is 25.9 Å². The molecule has 1 rings (SSSR count). The van der Waals surface area contributed by atoms with Crippen molar-refractivity contribution in [2.45, 2.75) is 18.1 Å². The summed E-state index contributed by atoms with van der Waals surface area (Å²) < 4.78 is 22.7. The number of amides is 1. The molecule has 1 unspecified atom stereocenters. The number of rotatable bonds is 4. The lowest BCUT2D eigenvalue weighted by Crippen LogP contribution is -2.37. The number of sulfone groups is 1. The maximum absolute atomic E-state index is 11.4. The third-order valence-corrected chi connectivity index (χ3v) is 4.68. The zero-order valence-electron chi connectivity index (χ0n) is 8.25. The average molecular weight is 220 g/mol. The van der Waals surface area contributed by atoms with Gasteiger partial charge in [0.2, 0.25) is 5.91 Å². The summed E-state index contributed by atoms with van der Waals surface area (Å²) in [7, 11) is -1.33. The molecule has 1 aliphatic rings. The zero-order chi connectivity index (χ0) is 10.6. The van der Waals surface area contributed by atoms with Crippen LogP contribution in [0.25, 0.3) is 0 Å². The second-order valence-corrected chi connectivity index (χ2v) is 5.84. The van der Waals surface area contributed by atoms with E-state index in [1.54, 1.807) is 7.05 Å². The Labute approximate surface area is 84.2 Å². The van der Waals surface area contributed by atoms with E-state index in [4.69, 9.17) is 0 Å². The van der Waals surface area contributed by atoms with Gasteiger partial charge < -0.3 is 10.6 Å². The van der Waals surface area contributed by atoms with Crippen molar-refractivity contribution in [3.8, 4) is 0 Å². The van der Waals surface area contributed by atoms with Gasteiger partial charge in [-0.15, -0.1) is 0 Å². The Kier molecular flexibility index (Phi) is 3.88. The first kappa shape index (κ1) is 11.5. The van der Waals surface area contributed by atoms with Crippen molar-refractivity contribution >= 4 is 15.7 Å². The molecule has 2 N–H and O–H groups in total. The standard InChI is InChI=1S/C8H16N2O3S/c1-9-8(11)6-10-5-7-3-2-4-14(7,12)13/h7,10H,2-6H2,1H3,(H,9,11). The lowest BCUT2D eigenvalue weighted by Gasteiger charge is -2.09. The lowest BCUT2D eigenvalue weighted by molar-refractivity contribution is -0.119. The summed E-state index contributed by atoms with van der Waals surface area (Å²) in [6.07, 6.45) is 1.46. The van der Waals surface area contributed by atoms with Gasteiger partial charge in [-0.2, -0.15) is 0 Å². The van der Waals surface area contributed by atoms with Crippen LogP contribution in [-0.4, -0.2) is 45.5 Å². The second kappa shape index (κ2) is 4.75. The quantitative estimate of drug-likeness (QED) is 0.630. The molecular formula is C8H16N2O3S. The molecule has 0 aromatic carbocycles. The fourth-order valence-electron chi connectivity index (χ4n) is 1.52. The van der Waals surface area contributed by atoms with Gasteiger partial charge in [0, 0.05) is 13.6 Å². The Bertz CT molecular complexity index is 300. The highest BCUT2D eigenvalue weighted by atomic mass is 32.2. The molecule has 1 saturated heterocycles. The maximum Gasteiger partial charge on any atom is 0.233 e. The number of likely N-dealkylation sites (N-methyl/N-ethyl adjacent to an activating group) is 1. The van der Waals surface area contributed by atoms with Crippen LogP contribution < -0.4 is 10.6 Å². The van der Waals surface area contributed by atoms with Gasteiger partial charge in [0.15, 0.2) is 9.84 Å². The van der Waals surface area contributed by atoms with Crippen LogP contribution in [-0.2, 0) is 14.6 Å². The van der Waals surface area contributed by atoms with E-state index in [1.807, 2.05) is 0 Å². The van der Waals surface area contributed by atoms with E-state index in [1.165, 1.54) is 0 Å². The fourth-order valence-corrected chi connectivity index (χ4v) is 3.32. The highest BCUT2D eigenvalue weighted by Gasteiger charge is 2.30. The summed E-state index contributed by atoms with van der Waals surface area (Å²) in [6.45, 7) is 0.568. The van der Waals surface area contributed by atoms with Crippen LogP contribution in [0, 0.1) is 0 Å². The summed E-state index contributed by atoms with van der Waals surface area (Å²) in [5.41, 5.74) is 0. The minimum atomic E-state index is -2.89. The Morgan fingerprint density at radius 1 is 1.50 bits per heavy atom. The van der Waals surface area contributed by atoms with Gasteiger partial charge in [-0.1, -0.05) is 0 Å². The zero-order valence-corrected chi connectivity index (χ0v) is 9.06. The third kappa shape index (κ3) is 2.95. The van der Waals surface area contributed by atoms with Gasteiger partial charge >= 0.3 is 0 Å². The van der Waals surface area contributed by atoms with E-state index in [9.17, 15) is 13.2 Å². The monoisotopic (exact) mass is 220 g/mol. The molecule has 0 radical (unpaired) electrons. The third-order valence-electron chi connectivity index (χ3n) is 2.40. The van der Waals surface area contributed by atoms with E-state index in [2.05, 4.69) is 10.6 Å². The Hall–Kier alpha value is -0.620. The molecule has 0 aliphatic carbocycles. The van der Waals surface area contributed by atoms with Crippen molar-refractivity contribution in [1.29, 1.82) is 0 Å². The van der Waals surface area contributed by atoms with Gasteiger partial charge in [-0.3, -0.25) is 4.79 Å². The molecule has 1 fully saturated rings. The molecule has 14 heavy (non-hydrogen) atoms. The molecule has 6 heteroatoms. The fraction of sp³-hybridized carbons (Fsp3) is 0.875. The summed E-state index contributed by atoms with van der Waals surface area (Å²) >= 11 is 0. The predicted octanol–water partition coefficient (Wildman–Crippen LogP) is -1.10. The highest BCUT2D eigenvalue weighted by molar-refractivity contribution is 7.92. The Morgan fingerprint density at radius 3 is 2.71 bits per heavy atom. The minimum absolute atomic E-state index is 0.125. The van der Waals surface area contributed by atoms with E-state index in [-0.39, 0.29) is 17.7 Å². The van der Waals surface area contributed by atoms with E-state index >= 15 is 0 Å². The normalized spacial score (nSPS) is 24.8. The van der Waals surface area contributed by atoms with E-state index in [0.29, 0.717) is 18.7 Å². The van der Waals surface area contributed by atoms with E-state index < -0.39 is 9.84 Å². The topological polar surface area (TPSA) is 75.3 Å². The largest absolute Gasteiger partial charge is 0.358 e. The minimum Gasteiger partial charge on any atom is -0.358 e. The van der Waals surface area contributed by atoms with Gasteiger partial charge in [0.05, 0.1) is 17.5 Å². The summed E-state index contributed by atoms with van der Waals surface area (Å²) in [5, 5.41) is 5.00. The van der Waals surface area contributed by atoms with Crippen LogP contribution in [0.15, 0.2) is 0 Å². The molecule has 0 bridgehead atoms. The number of nitrogens with one attached hydrogen (secondary N) is 2. The maximum atomic E-state index is 11.4. The Morgan fingerprint density at radius 2 is 2.21 bits per heavy atom. The smallest absolute Gasteiger partial charge is 0.233 e. The summed E-state index contributed by atoms with van der Waals surface area (Å²) in [6, 6.07) is 0. The van der Waals surface area contributed by atoms with Crippen molar-refractivity contribution < 1.29 is 13.2 Å². The number of carbonyl (C=O) groups excluding carboxylic acids is 1. The molecule has 1 aliphatic heterocycles. The van der Waals surface area contributed by atoms with E-state index in [0.717, 1.165) is 6.42 Å². The molecule has 0 aromatic rings. The summed E-state index contributed by atoms with van der Waals surface area (Å²) in [4.78, 5) is 10.8. The van der Waals surface area contributed by atoms with Crippen molar-refractivity contribution in [1.82, 2.24) is 10.6 Å². The van der Waals surface area contributed by atoms with Crippen LogP contribution in [0.2, 0.25) is 0 Å². The molecule has 82 valence electrons. The number of hydrogen-bond acceptors (Lipinski definition) is 4. The first-order valence-corrected chi connectivity index (χ1v) is 6.40. The van der Waals surface area contributed by atoms with Gasteiger partial charge in [0.1, 0.15) is 0 Å². The number of hydrogen-bond donors (Lipinski definition) is 2. The molecule has 0 saturated carbocycles. The second-order valence-electron chi connectivity index (χ2n) is 3.44. The van der Waals surface area contributed by atoms with Gasteiger partial charge in [0.25, 0.3) is 0 Å². The molecule has 0 spiro atoms. The van der Waals surface area contributed by atoms with Crippen molar-refractivity contribution in [3.63, 3.8) is 0 Å². The highest BCUT2D eigenvalue weighted by Crippen LogP contribution is 2.18. The van der Waals surface area contributed by atoms with Crippen molar-refractivity contribution in [2.24, 2.45) is 0 Å². The molecule has 1 amide bonds. The molecule has 1 heterocycles. The van der Waals surface area contributed by atoms with Crippen LogP contribution in [0.3, 0.4) is 0 Å². The summed E-state index contributed by atoms with van der Waals surface area (Å²) in [5.74, 6) is 0.166. The van der Waals surface area contributed by atoms with Gasteiger partial charge in [-0.25, -0.2) is 8.42 Å². The Balaban J connectivity index is 2.29. The molecule has 1 atom stereocenters. The number of carbonyl (C=O) groups is 1. The first-order valence-electron chi connectivity index (χ1n) is 4.69. The van der Waals surface area contributed by atoms with Crippen LogP contribution in [0.5, 0.6) is 0 Å². The van der Waals surface area contributed by atoms with Crippen molar-refractivity contribution in [3.05, 3.63) is 0 Å². The first-order chi connectivity index (χ1) is 6.56. The predicted molar refractivity (Wildman–Crippen MR) is 53.7 cm³/mol. The average Bonchev–Trinajstić information content (AvgIpc) is 2.45.